The van der Waals surface area contributed by atoms with Crippen molar-refractivity contribution in [1.29, 1.82) is 0 Å². The molecule has 174 valence electrons. The molecule has 1 saturated carbocycles. The van der Waals surface area contributed by atoms with E-state index in [1.54, 1.807) is 12.6 Å². The topological polar surface area (TPSA) is 90.9 Å². The third kappa shape index (κ3) is 3.68. The summed E-state index contributed by atoms with van der Waals surface area (Å²) in [4.78, 5) is 28.9. The number of hydrogen-bond acceptors (Lipinski definition) is 8. The van der Waals surface area contributed by atoms with E-state index in [0.29, 0.717) is 34.7 Å². The van der Waals surface area contributed by atoms with Crippen LogP contribution in [0.3, 0.4) is 0 Å². The van der Waals surface area contributed by atoms with Crippen molar-refractivity contribution in [2.24, 2.45) is 11.8 Å². The number of carbonyl (C=O) groups is 2. The first-order valence-electron chi connectivity index (χ1n) is 11.4. The number of hydrogen-bond donors (Lipinski definition) is 0. The van der Waals surface area contributed by atoms with E-state index < -0.39 is 6.04 Å². The van der Waals surface area contributed by atoms with Crippen LogP contribution in [-0.4, -0.2) is 41.7 Å². The molecule has 1 aromatic carbocycles. The van der Waals surface area contributed by atoms with Gasteiger partial charge < -0.3 is 14.2 Å². The van der Waals surface area contributed by atoms with Gasteiger partial charge in [0.25, 0.3) is 5.91 Å². The van der Waals surface area contributed by atoms with Gasteiger partial charge in [0.05, 0.1) is 31.2 Å². The maximum Gasteiger partial charge on any atom is 0.296 e. The largest absolute Gasteiger partial charge is 0.493 e. The molecule has 8 nitrogen and oxygen atoms in total. The van der Waals surface area contributed by atoms with E-state index in [1.165, 1.54) is 16.2 Å². The molecule has 1 aromatic heterocycles. The van der Waals surface area contributed by atoms with Crippen molar-refractivity contribution < 1.29 is 23.8 Å². The molecule has 1 aliphatic carbocycles. The van der Waals surface area contributed by atoms with E-state index >= 15 is 0 Å². The molecule has 5 rings (SSSR count). The summed E-state index contributed by atoms with van der Waals surface area (Å²) < 4.78 is 17.6. The summed E-state index contributed by atoms with van der Waals surface area (Å²) in [6, 6.07) is 4.87. The van der Waals surface area contributed by atoms with Crippen LogP contribution in [0.5, 0.6) is 11.5 Å². The summed E-state index contributed by atoms with van der Waals surface area (Å²) in [6.45, 7) is 4.77. The van der Waals surface area contributed by atoms with Gasteiger partial charge in [-0.2, -0.15) is 0 Å². The van der Waals surface area contributed by atoms with Gasteiger partial charge in [0, 0.05) is 0 Å². The summed E-state index contributed by atoms with van der Waals surface area (Å²) in [7, 11) is 1.58. The molecule has 1 fully saturated rings. The molecule has 4 unspecified atom stereocenters. The summed E-state index contributed by atoms with van der Waals surface area (Å²) in [5.41, 5.74) is 2.72. The zero-order valence-electron chi connectivity index (χ0n) is 18.9. The van der Waals surface area contributed by atoms with Crippen LogP contribution in [0.15, 0.2) is 35.0 Å². The van der Waals surface area contributed by atoms with Crippen LogP contribution in [0.1, 0.15) is 51.1 Å². The summed E-state index contributed by atoms with van der Waals surface area (Å²) in [6.07, 6.45) is 3.17. The first-order chi connectivity index (χ1) is 16.0. The quantitative estimate of drug-likeness (QED) is 0.629. The monoisotopic (exact) mass is 469 g/mol. The normalized spacial score (nSPS) is 26.7. The highest BCUT2D eigenvalue weighted by Crippen LogP contribution is 2.49. The van der Waals surface area contributed by atoms with Crippen molar-refractivity contribution in [2.75, 3.05) is 18.6 Å². The van der Waals surface area contributed by atoms with Gasteiger partial charge in [-0.15, -0.1) is 10.2 Å². The number of rotatable bonds is 6. The van der Waals surface area contributed by atoms with E-state index in [1.807, 2.05) is 25.1 Å². The van der Waals surface area contributed by atoms with Gasteiger partial charge in [-0.25, -0.2) is 0 Å². The number of aromatic nitrogens is 2. The van der Waals surface area contributed by atoms with E-state index in [2.05, 4.69) is 17.1 Å². The molecule has 4 atom stereocenters. The Bertz CT molecular complexity index is 1100. The highest BCUT2D eigenvalue weighted by atomic mass is 32.1. The van der Waals surface area contributed by atoms with Gasteiger partial charge in [0.2, 0.25) is 5.13 Å². The Morgan fingerprint density at radius 2 is 2.09 bits per heavy atom. The van der Waals surface area contributed by atoms with Gasteiger partial charge in [0.15, 0.2) is 23.0 Å². The van der Waals surface area contributed by atoms with E-state index in [4.69, 9.17) is 14.2 Å². The average molecular weight is 470 g/mol. The lowest BCUT2D eigenvalue weighted by Gasteiger charge is -2.37. The first kappa shape index (κ1) is 21.9. The lowest BCUT2D eigenvalue weighted by molar-refractivity contribution is -0.132. The highest BCUT2D eigenvalue weighted by molar-refractivity contribution is 7.13. The Labute approximate surface area is 196 Å². The lowest BCUT2D eigenvalue weighted by Crippen LogP contribution is -2.41. The second-order valence-corrected chi connectivity index (χ2v) is 9.66. The minimum Gasteiger partial charge on any atom is -0.493 e. The summed E-state index contributed by atoms with van der Waals surface area (Å²) >= 11 is 1.25. The number of anilines is 1. The van der Waals surface area contributed by atoms with Crippen LogP contribution < -0.4 is 14.4 Å². The molecule has 1 amide bonds. The van der Waals surface area contributed by atoms with Crippen LogP contribution in [0.4, 0.5) is 5.13 Å². The zero-order valence-corrected chi connectivity index (χ0v) is 19.8. The fraction of sp³-hybridized carbons (Fsp3) is 0.500. The smallest absolute Gasteiger partial charge is 0.296 e. The van der Waals surface area contributed by atoms with Crippen molar-refractivity contribution in [3.63, 3.8) is 0 Å². The van der Waals surface area contributed by atoms with Crippen molar-refractivity contribution in [3.8, 4) is 11.5 Å². The lowest BCUT2D eigenvalue weighted by atomic mass is 9.74. The number of Topliss-reactive ketones (excluding diaryl/α,β-unsaturated/α-hetero) is 1. The number of methoxy groups -OCH3 is 1. The Balaban J connectivity index is 1.60. The molecule has 0 radical (unpaired) electrons. The third-order valence-electron chi connectivity index (χ3n) is 6.63. The molecule has 0 bridgehead atoms. The SMILES string of the molecule is CCCOc1ccc(C2C3=C(OC4CCC(C)CC4C3=O)C(=O)N2c2nncs2)cc1OC. The molecule has 2 aromatic rings. The van der Waals surface area contributed by atoms with E-state index in [9.17, 15) is 9.59 Å². The van der Waals surface area contributed by atoms with Gasteiger partial charge in [-0.1, -0.05) is 31.3 Å². The van der Waals surface area contributed by atoms with Crippen LogP contribution >= 0.6 is 11.3 Å². The number of nitrogens with zero attached hydrogens (tertiary/aromatic N) is 3. The maximum absolute atomic E-state index is 13.8. The number of fused-ring (bicyclic) bond motifs is 1. The maximum atomic E-state index is 13.8. The average Bonchev–Trinajstić information content (AvgIpc) is 3.45. The van der Waals surface area contributed by atoms with Gasteiger partial charge in [-0.05, 0) is 49.3 Å². The summed E-state index contributed by atoms with van der Waals surface area (Å²) in [5.74, 6) is 1.20. The Hall–Kier alpha value is -2.94. The van der Waals surface area contributed by atoms with E-state index in [-0.39, 0.29) is 29.5 Å². The van der Waals surface area contributed by atoms with Gasteiger partial charge >= 0.3 is 0 Å². The Morgan fingerprint density at radius 1 is 1.24 bits per heavy atom. The van der Waals surface area contributed by atoms with Crippen LogP contribution in [0.25, 0.3) is 0 Å². The zero-order chi connectivity index (χ0) is 23.1. The minimum atomic E-state index is -0.653. The van der Waals surface area contributed by atoms with Crippen molar-refractivity contribution in [3.05, 3.63) is 40.6 Å². The predicted molar refractivity (Wildman–Crippen MR) is 122 cm³/mol. The molecular formula is C24H27N3O5S. The number of amides is 1. The molecule has 0 saturated heterocycles. The molecule has 0 N–H and O–H groups in total. The van der Waals surface area contributed by atoms with Gasteiger partial charge in [0.1, 0.15) is 11.6 Å². The van der Waals surface area contributed by atoms with Crippen LogP contribution in [0.2, 0.25) is 0 Å². The summed E-state index contributed by atoms with van der Waals surface area (Å²) in [5, 5.41) is 8.48. The molecule has 2 aliphatic heterocycles. The number of ketones is 1. The Kier molecular flexibility index (Phi) is 5.82. The standard InChI is InChI=1S/C24H27N3O5S/c1-4-9-31-17-8-6-14(11-18(17)30-3)20-19-21(28)15-10-13(2)5-7-16(15)32-22(19)23(29)27(20)24-26-25-12-33-24/h6,8,11-13,15-16,20H,4-5,7,9-10H2,1-3H3. The molecule has 3 aliphatic rings. The first-order valence-corrected chi connectivity index (χ1v) is 12.3. The van der Waals surface area contributed by atoms with Crippen LogP contribution in [0, 0.1) is 11.8 Å². The molecule has 9 heteroatoms. The third-order valence-corrected chi connectivity index (χ3v) is 7.32. The van der Waals surface area contributed by atoms with Crippen LogP contribution in [-0.2, 0) is 14.3 Å². The fourth-order valence-electron chi connectivity index (χ4n) is 5.05. The second kappa shape index (κ2) is 8.78. The Morgan fingerprint density at radius 3 is 2.82 bits per heavy atom. The molecule has 3 heterocycles. The van der Waals surface area contributed by atoms with Crippen molar-refractivity contribution in [1.82, 2.24) is 10.2 Å². The fourth-order valence-corrected chi connectivity index (χ4v) is 5.63. The highest BCUT2D eigenvalue weighted by Gasteiger charge is 2.53. The number of benzene rings is 1. The second-order valence-electron chi connectivity index (χ2n) is 8.85. The number of carbonyl (C=O) groups excluding carboxylic acids is 2. The molecule has 33 heavy (non-hydrogen) atoms. The number of ether oxygens (including phenoxy) is 3. The molecule has 0 spiro atoms. The molecular weight excluding hydrogens is 442 g/mol. The predicted octanol–water partition coefficient (Wildman–Crippen LogP) is 4.08. The van der Waals surface area contributed by atoms with E-state index in [0.717, 1.165) is 31.2 Å². The van der Waals surface area contributed by atoms with Crippen molar-refractivity contribution in [2.45, 2.75) is 51.7 Å². The van der Waals surface area contributed by atoms with Gasteiger partial charge in [-0.3, -0.25) is 14.5 Å². The minimum absolute atomic E-state index is 0.00319. The van der Waals surface area contributed by atoms with Crippen molar-refractivity contribution >= 4 is 28.2 Å².